The van der Waals surface area contributed by atoms with Crippen LogP contribution in [0.4, 0.5) is 5.69 Å². The van der Waals surface area contributed by atoms with E-state index in [1.54, 1.807) is 0 Å². The van der Waals surface area contributed by atoms with E-state index in [0.29, 0.717) is 0 Å². The maximum absolute atomic E-state index is 6.32. The van der Waals surface area contributed by atoms with E-state index >= 15 is 0 Å². The monoisotopic (exact) mass is 319 g/mol. The van der Waals surface area contributed by atoms with Crippen LogP contribution >= 0.6 is 11.6 Å². The topological polar surface area (TPSA) is 37.2 Å². The standard InChI is InChI=1S/C16H22ClN5/c1-13-18-19-16(20(13)2)12-21-8-5-9-22(11-10-21)15-7-4-3-6-14(15)17/h3-4,6-7H,5,8-12H2,1-2H3. The third-order valence-electron chi connectivity index (χ3n) is 4.33. The van der Waals surface area contributed by atoms with Crippen molar-refractivity contribution < 1.29 is 0 Å². The fraction of sp³-hybridized carbons (Fsp3) is 0.500. The summed E-state index contributed by atoms with van der Waals surface area (Å²) in [6.45, 7) is 6.95. The number of aryl methyl sites for hydroxylation is 1. The Labute approximate surface area is 136 Å². The fourth-order valence-electron chi connectivity index (χ4n) is 2.87. The number of anilines is 1. The minimum Gasteiger partial charge on any atom is -0.369 e. The largest absolute Gasteiger partial charge is 0.369 e. The van der Waals surface area contributed by atoms with Gasteiger partial charge in [-0.1, -0.05) is 23.7 Å². The van der Waals surface area contributed by atoms with Crippen LogP contribution < -0.4 is 4.90 Å². The Morgan fingerprint density at radius 2 is 1.91 bits per heavy atom. The molecule has 0 N–H and O–H groups in total. The molecular formula is C16H22ClN5. The summed E-state index contributed by atoms with van der Waals surface area (Å²) in [5, 5.41) is 9.24. The highest BCUT2D eigenvalue weighted by atomic mass is 35.5. The van der Waals surface area contributed by atoms with Gasteiger partial charge in [-0.2, -0.15) is 0 Å². The number of para-hydroxylation sites is 1. The molecule has 1 aromatic heterocycles. The predicted molar refractivity (Wildman–Crippen MR) is 89.3 cm³/mol. The molecule has 1 fully saturated rings. The van der Waals surface area contributed by atoms with Crippen LogP contribution in [0.1, 0.15) is 18.1 Å². The van der Waals surface area contributed by atoms with Crippen LogP contribution in [-0.2, 0) is 13.6 Å². The van der Waals surface area contributed by atoms with Crippen molar-refractivity contribution in [3.8, 4) is 0 Å². The minimum absolute atomic E-state index is 0.833. The van der Waals surface area contributed by atoms with E-state index in [1.807, 2.05) is 32.2 Å². The lowest BCUT2D eigenvalue weighted by Crippen LogP contribution is -2.31. The van der Waals surface area contributed by atoms with Gasteiger partial charge in [0.2, 0.25) is 0 Å². The number of rotatable bonds is 3. The molecule has 0 amide bonds. The van der Waals surface area contributed by atoms with Crippen LogP contribution in [0.5, 0.6) is 0 Å². The summed E-state index contributed by atoms with van der Waals surface area (Å²) < 4.78 is 2.07. The number of halogens is 1. The average Bonchev–Trinajstić information content (AvgIpc) is 2.72. The highest BCUT2D eigenvalue weighted by Gasteiger charge is 2.18. The molecule has 0 aliphatic carbocycles. The lowest BCUT2D eigenvalue weighted by Gasteiger charge is -2.24. The van der Waals surface area contributed by atoms with Crippen LogP contribution in [0.3, 0.4) is 0 Å². The zero-order chi connectivity index (χ0) is 15.5. The molecule has 0 radical (unpaired) electrons. The molecule has 22 heavy (non-hydrogen) atoms. The first kappa shape index (κ1) is 15.3. The van der Waals surface area contributed by atoms with Gasteiger partial charge in [0.15, 0.2) is 0 Å². The van der Waals surface area contributed by atoms with Gasteiger partial charge in [-0.15, -0.1) is 10.2 Å². The molecule has 0 bridgehead atoms. The van der Waals surface area contributed by atoms with E-state index in [9.17, 15) is 0 Å². The van der Waals surface area contributed by atoms with Gasteiger partial charge in [-0.3, -0.25) is 4.90 Å². The van der Waals surface area contributed by atoms with Crippen LogP contribution in [0.15, 0.2) is 24.3 Å². The summed E-state index contributed by atoms with van der Waals surface area (Å²) in [6.07, 6.45) is 1.13. The second-order valence-electron chi connectivity index (χ2n) is 5.79. The Balaban J connectivity index is 1.65. The van der Waals surface area contributed by atoms with E-state index in [1.165, 1.54) is 0 Å². The van der Waals surface area contributed by atoms with Crippen molar-refractivity contribution in [1.29, 1.82) is 0 Å². The van der Waals surface area contributed by atoms with Crippen LogP contribution in [0, 0.1) is 6.92 Å². The molecule has 2 heterocycles. The summed E-state index contributed by atoms with van der Waals surface area (Å²) in [5.41, 5.74) is 1.14. The zero-order valence-corrected chi connectivity index (χ0v) is 13.9. The third kappa shape index (κ3) is 3.25. The second kappa shape index (κ2) is 6.67. The molecule has 5 nitrogen and oxygen atoms in total. The molecule has 1 aromatic carbocycles. The lowest BCUT2D eigenvalue weighted by atomic mass is 10.2. The maximum atomic E-state index is 6.32. The summed E-state index contributed by atoms with van der Waals surface area (Å²) in [6, 6.07) is 8.09. The van der Waals surface area contributed by atoms with Crippen molar-refractivity contribution in [3.05, 3.63) is 40.9 Å². The van der Waals surface area contributed by atoms with E-state index in [4.69, 9.17) is 11.6 Å². The van der Waals surface area contributed by atoms with Crippen molar-refractivity contribution >= 4 is 17.3 Å². The van der Waals surface area contributed by atoms with Gasteiger partial charge in [-0.25, -0.2) is 0 Å². The van der Waals surface area contributed by atoms with Gasteiger partial charge in [0.25, 0.3) is 0 Å². The second-order valence-corrected chi connectivity index (χ2v) is 6.20. The van der Waals surface area contributed by atoms with Crippen molar-refractivity contribution in [2.75, 3.05) is 31.1 Å². The molecule has 1 aliphatic heterocycles. The third-order valence-corrected chi connectivity index (χ3v) is 4.65. The van der Waals surface area contributed by atoms with Crippen molar-refractivity contribution in [3.63, 3.8) is 0 Å². The van der Waals surface area contributed by atoms with Crippen LogP contribution in [0.2, 0.25) is 5.02 Å². The van der Waals surface area contributed by atoms with Crippen molar-refractivity contribution in [1.82, 2.24) is 19.7 Å². The smallest absolute Gasteiger partial charge is 0.146 e. The van der Waals surface area contributed by atoms with Gasteiger partial charge < -0.3 is 9.47 Å². The first-order valence-electron chi connectivity index (χ1n) is 7.72. The Bertz CT molecular complexity index is 639. The van der Waals surface area contributed by atoms with Gasteiger partial charge in [0.05, 0.1) is 17.3 Å². The predicted octanol–water partition coefficient (Wildman–Crippen LogP) is 2.49. The molecule has 0 atom stereocenters. The Morgan fingerprint density at radius 1 is 1.09 bits per heavy atom. The molecule has 3 rings (SSSR count). The number of hydrogen-bond donors (Lipinski definition) is 0. The zero-order valence-electron chi connectivity index (χ0n) is 13.2. The number of nitrogens with zero attached hydrogens (tertiary/aromatic N) is 5. The molecule has 118 valence electrons. The number of aromatic nitrogens is 3. The first-order valence-corrected chi connectivity index (χ1v) is 8.09. The molecule has 0 spiro atoms. The number of hydrogen-bond acceptors (Lipinski definition) is 4. The van der Waals surface area contributed by atoms with Gasteiger partial charge in [0.1, 0.15) is 11.6 Å². The summed E-state index contributed by atoms with van der Waals surface area (Å²) in [5.74, 6) is 1.99. The van der Waals surface area contributed by atoms with Gasteiger partial charge >= 0.3 is 0 Å². The summed E-state index contributed by atoms with van der Waals surface area (Å²) in [7, 11) is 2.03. The van der Waals surface area contributed by atoms with E-state index in [0.717, 1.165) is 61.5 Å². The van der Waals surface area contributed by atoms with Gasteiger partial charge in [-0.05, 0) is 25.5 Å². The van der Waals surface area contributed by atoms with Crippen molar-refractivity contribution in [2.24, 2.45) is 7.05 Å². The summed E-state index contributed by atoms with van der Waals surface area (Å²) >= 11 is 6.32. The first-order chi connectivity index (χ1) is 10.6. The molecule has 6 heteroatoms. The molecule has 2 aromatic rings. The van der Waals surface area contributed by atoms with E-state index in [2.05, 4.69) is 30.6 Å². The molecule has 1 aliphatic rings. The average molecular weight is 320 g/mol. The fourth-order valence-corrected chi connectivity index (χ4v) is 3.12. The minimum atomic E-state index is 0.833. The van der Waals surface area contributed by atoms with Gasteiger partial charge in [0, 0.05) is 33.2 Å². The van der Waals surface area contributed by atoms with E-state index in [-0.39, 0.29) is 0 Å². The van der Waals surface area contributed by atoms with Crippen LogP contribution in [-0.4, -0.2) is 45.8 Å². The van der Waals surface area contributed by atoms with Crippen molar-refractivity contribution in [2.45, 2.75) is 19.9 Å². The highest BCUT2D eigenvalue weighted by molar-refractivity contribution is 6.33. The molecule has 0 saturated carbocycles. The Hall–Kier alpha value is -1.59. The maximum Gasteiger partial charge on any atom is 0.146 e. The molecular weight excluding hydrogens is 298 g/mol. The SMILES string of the molecule is Cc1nnc(CN2CCCN(c3ccccc3Cl)CC2)n1C. The molecule has 0 unspecified atom stereocenters. The quantitative estimate of drug-likeness (QED) is 0.871. The molecule has 1 saturated heterocycles. The summed E-state index contributed by atoms with van der Waals surface area (Å²) in [4.78, 5) is 4.82. The highest BCUT2D eigenvalue weighted by Crippen LogP contribution is 2.26. The Kier molecular flexibility index (Phi) is 4.64. The lowest BCUT2D eigenvalue weighted by molar-refractivity contribution is 0.275. The Morgan fingerprint density at radius 3 is 2.64 bits per heavy atom. The van der Waals surface area contributed by atoms with E-state index < -0.39 is 0 Å². The van der Waals surface area contributed by atoms with Crippen LogP contribution in [0.25, 0.3) is 0 Å². The normalized spacial score (nSPS) is 16.8. The number of benzene rings is 1.